The van der Waals surface area contributed by atoms with Crippen LogP contribution in [0.5, 0.6) is 0 Å². The summed E-state index contributed by atoms with van der Waals surface area (Å²) in [5.41, 5.74) is -1.83. The van der Waals surface area contributed by atoms with E-state index in [0.717, 1.165) is 13.8 Å². The number of carbonyl (C=O) groups excluding carboxylic acids is 3. The molecule has 1 aliphatic rings. The first-order valence-corrected chi connectivity index (χ1v) is 9.22. The summed E-state index contributed by atoms with van der Waals surface area (Å²) in [4.78, 5) is 60.8. The third-order valence-corrected chi connectivity index (χ3v) is 4.30. The number of hydrogen-bond acceptors (Lipinski definition) is 10. The number of nitrogens with one attached hydrogen (secondary N) is 1. The van der Waals surface area contributed by atoms with Crippen LogP contribution in [0.25, 0.3) is 0 Å². The molecular weight excluding hydrogens is 433 g/mol. The number of aromatic nitrogens is 3. The highest BCUT2D eigenvalue weighted by atomic mass is 19.2. The molecule has 12 nitrogen and oxygen atoms in total. The molecule has 1 aromatic carbocycles. The van der Waals surface area contributed by atoms with Gasteiger partial charge in [-0.2, -0.15) is 9.78 Å². The molecule has 2 heterocycles. The Labute approximate surface area is 178 Å². The highest BCUT2D eigenvalue weighted by molar-refractivity contribution is 5.89. The van der Waals surface area contributed by atoms with Crippen LogP contribution in [0.4, 0.5) is 4.39 Å². The van der Waals surface area contributed by atoms with Crippen molar-refractivity contribution in [3.05, 3.63) is 62.9 Å². The molecule has 0 saturated carbocycles. The fraction of sp³-hybridized carbons (Fsp3) is 0.368. The minimum Gasteiger partial charge on any atom is -0.456 e. The molecule has 1 saturated heterocycles. The van der Waals surface area contributed by atoms with Crippen LogP contribution >= 0.6 is 0 Å². The van der Waals surface area contributed by atoms with Gasteiger partial charge in [-0.15, -0.1) is 0 Å². The Balaban J connectivity index is 1.96. The molecule has 4 atom stereocenters. The van der Waals surface area contributed by atoms with Crippen LogP contribution in [-0.2, 0) is 28.5 Å². The normalized spacial score (nSPS) is 24.5. The van der Waals surface area contributed by atoms with E-state index in [2.05, 4.69) is 5.10 Å². The topological polar surface area (TPSA) is 156 Å². The zero-order valence-electron chi connectivity index (χ0n) is 16.8. The van der Waals surface area contributed by atoms with Gasteiger partial charge in [0.2, 0.25) is 6.10 Å². The van der Waals surface area contributed by atoms with E-state index in [1.165, 1.54) is 12.1 Å². The highest BCUT2D eigenvalue weighted by Gasteiger charge is 2.62. The number of rotatable bonds is 6. The monoisotopic (exact) mass is 451 g/mol. The van der Waals surface area contributed by atoms with Crippen LogP contribution in [0, 0.1) is 0 Å². The maximum Gasteiger partial charge on any atom is 0.347 e. The van der Waals surface area contributed by atoms with E-state index in [-0.39, 0.29) is 5.56 Å². The molecule has 0 amide bonds. The van der Waals surface area contributed by atoms with Crippen molar-refractivity contribution in [2.45, 2.75) is 38.1 Å². The van der Waals surface area contributed by atoms with Crippen LogP contribution in [-0.4, -0.2) is 57.3 Å². The maximum absolute atomic E-state index is 15.9. The second-order valence-corrected chi connectivity index (χ2v) is 6.72. The lowest BCUT2D eigenvalue weighted by molar-refractivity contribution is -0.218. The van der Waals surface area contributed by atoms with Crippen molar-refractivity contribution in [3.63, 3.8) is 0 Å². The molecule has 1 aromatic heterocycles. The zero-order chi connectivity index (χ0) is 23.5. The summed E-state index contributed by atoms with van der Waals surface area (Å²) in [6, 6.07) is 7.65. The minimum absolute atomic E-state index is 0.115. The SMILES string of the molecule is CC(=O)O[C@H]1[C@H](n2ncc(=O)[nH]c2=O)O[C@](F)(COC(=O)c2ccccc2)[C@H]1OC(C)=O. The second kappa shape index (κ2) is 9.09. The molecular formula is C19H18FN3O9. The second-order valence-electron chi connectivity index (χ2n) is 6.72. The zero-order valence-corrected chi connectivity index (χ0v) is 16.8. The van der Waals surface area contributed by atoms with E-state index in [1.807, 2.05) is 4.98 Å². The summed E-state index contributed by atoms with van der Waals surface area (Å²) in [7, 11) is 0. The molecule has 32 heavy (non-hydrogen) atoms. The number of hydrogen-bond donors (Lipinski definition) is 1. The molecule has 170 valence electrons. The molecule has 3 rings (SSSR count). The van der Waals surface area contributed by atoms with Crippen molar-refractivity contribution in [3.8, 4) is 0 Å². The number of halogens is 1. The molecule has 1 N–H and O–H groups in total. The Kier molecular flexibility index (Phi) is 6.48. The summed E-state index contributed by atoms with van der Waals surface area (Å²) in [5.74, 6) is -5.81. The lowest BCUT2D eigenvalue weighted by Crippen LogP contribution is -2.47. The van der Waals surface area contributed by atoms with E-state index in [4.69, 9.17) is 18.9 Å². The Hall–Kier alpha value is -3.87. The summed E-state index contributed by atoms with van der Waals surface area (Å²) in [6.07, 6.45) is -4.68. The fourth-order valence-corrected chi connectivity index (χ4v) is 3.05. The Morgan fingerprint density at radius 3 is 2.41 bits per heavy atom. The van der Waals surface area contributed by atoms with Gasteiger partial charge >= 0.3 is 23.6 Å². The van der Waals surface area contributed by atoms with Gasteiger partial charge in [0.1, 0.15) is 6.20 Å². The van der Waals surface area contributed by atoms with Crippen LogP contribution in [0.15, 0.2) is 46.1 Å². The van der Waals surface area contributed by atoms with Crippen LogP contribution < -0.4 is 11.2 Å². The average molecular weight is 451 g/mol. The number of esters is 3. The standard InChI is InChI=1S/C19H18FN3O9/c1-10(24)30-14-15(31-11(2)25)19(20,9-29-17(27)12-6-4-3-5-7-12)32-16(14)23-18(28)22-13(26)8-21-23/h3-8,14-16H,9H2,1-2H3,(H,22,26,28)/t14-,15+,16-,19-/m1/s1. The van der Waals surface area contributed by atoms with Crippen molar-refractivity contribution in [1.29, 1.82) is 0 Å². The molecule has 0 aliphatic carbocycles. The van der Waals surface area contributed by atoms with E-state index >= 15 is 4.39 Å². The van der Waals surface area contributed by atoms with Crippen molar-refractivity contribution >= 4 is 17.9 Å². The lowest BCUT2D eigenvalue weighted by Gasteiger charge is -2.26. The van der Waals surface area contributed by atoms with Gasteiger partial charge in [-0.3, -0.25) is 19.4 Å². The van der Waals surface area contributed by atoms with Gasteiger partial charge in [-0.05, 0) is 12.1 Å². The van der Waals surface area contributed by atoms with Gasteiger partial charge in [0, 0.05) is 13.8 Å². The highest BCUT2D eigenvalue weighted by Crippen LogP contribution is 2.41. The van der Waals surface area contributed by atoms with Crippen molar-refractivity contribution in [2.75, 3.05) is 6.61 Å². The fourth-order valence-electron chi connectivity index (χ4n) is 3.05. The molecule has 13 heteroatoms. The summed E-state index contributed by atoms with van der Waals surface area (Å²) in [5, 5.41) is 3.57. The molecule has 1 aliphatic heterocycles. The van der Waals surface area contributed by atoms with Gasteiger partial charge in [0.05, 0.1) is 5.56 Å². The molecule has 0 bridgehead atoms. The third-order valence-electron chi connectivity index (χ3n) is 4.30. The van der Waals surface area contributed by atoms with Crippen LogP contribution in [0.2, 0.25) is 0 Å². The smallest absolute Gasteiger partial charge is 0.347 e. The summed E-state index contributed by atoms with van der Waals surface area (Å²) < 4.78 is 36.6. The molecule has 1 fully saturated rings. The number of ether oxygens (including phenoxy) is 4. The van der Waals surface area contributed by atoms with Gasteiger partial charge in [0.25, 0.3) is 11.4 Å². The molecule has 0 spiro atoms. The minimum atomic E-state index is -3.03. The van der Waals surface area contributed by atoms with Crippen LogP contribution in [0.1, 0.15) is 30.4 Å². The number of alkyl halides is 1. The first kappa shape index (κ1) is 22.8. The molecule has 0 unspecified atom stereocenters. The van der Waals surface area contributed by atoms with E-state index in [9.17, 15) is 24.0 Å². The predicted molar refractivity (Wildman–Crippen MR) is 101 cm³/mol. The Morgan fingerprint density at radius 2 is 1.81 bits per heavy atom. The number of H-pyrrole nitrogens is 1. The Morgan fingerprint density at radius 1 is 1.16 bits per heavy atom. The van der Waals surface area contributed by atoms with E-state index < -0.39 is 60.1 Å². The van der Waals surface area contributed by atoms with E-state index in [1.54, 1.807) is 18.2 Å². The number of aromatic amines is 1. The number of benzene rings is 1. The number of nitrogens with zero attached hydrogens (tertiary/aromatic N) is 2. The van der Waals surface area contributed by atoms with Crippen molar-refractivity contribution in [2.24, 2.45) is 0 Å². The first-order valence-electron chi connectivity index (χ1n) is 9.22. The van der Waals surface area contributed by atoms with Crippen LogP contribution in [0.3, 0.4) is 0 Å². The largest absolute Gasteiger partial charge is 0.456 e. The third kappa shape index (κ3) is 4.88. The van der Waals surface area contributed by atoms with Gasteiger partial charge in [-0.1, -0.05) is 18.2 Å². The summed E-state index contributed by atoms with van der Waals surface area (Å²) >= 11 is 0. The van der Waals surface area contributed by atoms with Gasteiger partial charge < -0.3 is 18.9 Å². The first-order chi connectivity index (χ1) is 15.1. The quantitative estimate of drug-likeness (QED) is 0.463. The maximum atomic E-state index is 15.9. The lowest BCUT2D eigenvalue weighted by atomic mass is 10.1. The van der Waals surface area contributed by atoms with Crippen molar-refractivity contribution < 1.29 is 37.7 Å². The summed E-state index contributed by atoms with van der Waals surface area (Å²) in [6.45, 7) is 0.892. The van der Waals surface area contributed by atoms with Gasteiger partial charge in [-0.25, -0.2) is 14.0 Å². The van der Waals surface area contributed by atoms with Crippen molar-refractivity contribution in [1.82, 2.24) is 14.8 Å². The van der Waals surface area contributed by atoms with E-state index in [0.29, 0.717) is 10.9 Å². The average Bonchev–Trinajstić information content (AvgIpc) is 2.98. The Bertz CT molecular complexity index is 1130. The predicted octanol–water partition coefficient (Wildman–Crippen LogP) is -0.153. The number of carbonyl (C=O) groups is 3. The molecule has 2 aromatic rings. The molecule has 0 radical (unpaired) electrons. The van der Waals surface area contributed by atoms with Gasteiger partial charge in [0.15, 0.2) is 18.9 Å².